The maximum absolute atomic E-state index is 2.35. The summed E-state index contributed by atoms with van der Waals surface area (Å²) in [5, 5.41) is 0. The first-order chi connectivity index (χ1) is 7.41. The Morgan fingerprint density at radius 2 is 1.07 bits per heavy atom. The Kier molecular flexibility index (Phi) is 15.4. The van der Waals surface area contributed by atoms with Gasteiger partial charge in [-0.25, -0.2) is 0 Å². The molecule has 0 aromatic rings. The maximum Gasteiger partial charge on any atom is 0.0227 e. The van der Waals surface area contributed by atoms with Crippen molar-refractivity contribution in [2.75, 3.05) is 0 Å². The molecule has 91 valence electrons. The Hall–Kier alpha value is 0.730. The first-order valence-corrected chi connectivity index (χ1v) is 8.08. The summed E-state index contributed by atoms with van der Waals surface area (Å²) in [6.45, 7) is 2.28. The zero-order chi connectivity index (χ0) is 11.2. The third kappa shape index (κ3) is 14.7. The summed E-state index contributed by atoms with van der Waals surface area (Å²) < 4.78 is 2.26. The molecule has 1 radical (unpaired) electrons. The molecule has 0 aromatic heterocycles. The molecule has 0 nitrogen and oxygen atoms in total. The minimum Gasteiger partial charge on any atom is -0.0815 e. The molecule has 15 heavy (non-hydrogen) atoms. The molecule has 0 N–H and O–H groups in total. The molecular weight excluding hydrogens is 295 g/mol. The molecule has 0 aliphatic heterocycles. The second-order valence-electron chi connectivity index (χ2n) is 4.48. The first kappa shape index (κ1) is 15.7. The van der Waals surface area contributed by atoms with Crippen molar-refractivity contribution in [3.8, 4) is 0 Å². The molecule has 0 rings (SSSR count). The summed E-state index contributed by atoms with van der Waals surface area (Å²) >= 11 is 2.35. The smallest absolute Gasteiger partial charge is 0.0227 e. The predicted octanol–water partition coefficient (Wildman–Crippen LogP) is 6.28. The molecule has 0 aliphatic carbocycles. The minimum absolute atomic E-state index is 1.30. The van der Waals surface area contributed by atoms with Gasteiger partial charge in [0.2, 0.25) is 0 Å². The maximum atomic E-state index is 2.35. The zero-order valence-electron chi connectivity index (χ0n) is 10.4. The molecular formula is C14H28I. The van der Waals surface area contributed by atoms with Gasteiger partial charge in [0, 0.05) is 4.43 Å². The van der Waals surface area contributed by atoms with Gasteiger partial charge in [-0.15, -0.1) is 0 Å². The monoisotopic (exact) mass is 323 g/mol. The van der Waals surface area contributed by atoms with Crippen LogP contribution >= 0.6 is 22.6 Å². The second kappa shape index (κ2) is 14.7. The molecule has 1 heteroatoms. The van der Waals surface area contributed by atoms with Gasteiger partial charge < -0.3 is 0 Å². The SMILES string of the molecule is CCCCCCCCCCCCC[CH]I. The molecule has 0 heterocycles. The van der Waals surface area contributed by atoms with Crippen molar-refractivity contribution in [2.45, 2.75) is 84.0 Å². The third-order valence-electron chi connectivity index (χ3n) is 2.92. The molecule has 0 unspecified atom stereocenters. The molecule has 0 spiro atoms. The average Bonchev–Trinajstić information content (AvgIpc) is 2.26. The van der Waals surface area contributed by atoms with Crippen LogP contribution in [0.15, 0.2) is 0 Å². The minimum atomic E-state index is 1.30. The van der Waals surface area contributed by atoms with Crippen LogP contribution in [-0.4, -0.2) is 0 Å². The van der Waals surface area contributed by atoms with Crippen LogP contribution < -0.4 is 0 Å². The Morgan fingerprint density at radius 1 is 0.667 bits per heavy atom. The van der Waals surface area contributed by atoms with Crippen LogP contribution in [0, 0.1) is 4.43 Å². The summed E-state index contributed by atoms with van der Waals surface area (Å²) in [6, 6.07) is 0. The summed E-state index contributed by atoms with van der Waals surface area (Å²) in [5.74, 6) is 0. The number of hydrogen-bond acceptors (Lipinski definition) is 0. The average molecular weight is 323 g/mol. The van der Waals surface area contributed by atoms with Gasteiger partial charge in [-0.05, 0) is 6.42 Å². The van der Waals surface area contributed by atoms with Gasteiger partial charge in [0.25, 0.3) is 0 Å². The van der Waals surface area contributed by atoms with Crippen LogP contribution in [0.2, 0.25) is 0 Å². The lowest BCUT2D eigenvalue weighted by atomic mass is 10.1. The molecule has 0 aromatic carbocycles. The third-order valence-corrected chi connectivity index (χ3v) is 3.54. The summed E-state index contributed by atoms with van der Waals surface area (Å²) in [6.07, 6.45) is 17.2. The predicted molar refractivity (Wildman–Crippen MR) is 79.4 cm³/mol. The van der Waals surface area contributed by atoms with Gasteiger partial charge in [-0.1, -0.05) is 100 Å². The highest BCUT2D eigenvalue weighted by Crippen LogP contribution is 2.12. The fourth-order valence-electron chi connectivity index (χ4n) is 1.89. The fourth-order valence-corrected chi connectivity index (χ4v) is 2.33. The Balaban J connectivity index is 2.81. The van der Waals surface area contributed by atoms with Crippen molar-refractivity contribution in [3.05, 3.63) is 4.43 Å². The molecule has 0 atom stereocenters. The van der Waals surface area contributed by atoms with E-state index < -0.39 is 0 Å². The van der Waals surface area contributed by atoms with E-state index in [0.717, 1.165) is 0 Å². The summed E-state index contributed by atoms with van der Waals surface area (Å²) in [7, 11) is 0. The van der Waals surface area contributed by atoms with Crippen molar-refractivity contribution >= 4 is 22.6 Å². The van der Waals surface area contributed by atoms with Crippen LogP contribution in [0.3, 0.4) is 0 Å². The van der Waals surface area contributed by atoms with Crippen molar-refractivity contribution in [3.63, 3.8) is 0 Å². The summed E-state index contributed by atoms with van der Waals surface area (Å²) in [4.78, 5) is 0. The van der Waals surface area contributed by atoms with Gasteiger partial charge in [0.1, 0.15) is 0 Å². The van der Waals surface area contributed by atoms with E-state index in [9.17, 15) is 0 Å². The van der Waals surface area contributed by atoms with Gasteiger partial charge in [-0.3, -0.25) is 0 Å². The number of hydrogen-bond donors (Lipinski definition) is 0. The van der Waals surface area contributed by atoms with E-state index in [4.69, 9.17) is 0 Å². The lowest BCUT2D eigenvalue weighted by Crippen LogP contribution is -1.82. The van der Waals surface area contributed by atoms with Crippen LogP contribution in [0.4, 0.5) is 0 Å². The van der Waals surface area contributed by atoms with Gasteiger partial charge in [-0.2, -0.15) is 0 Å². The molecule has 0 saturated heterocycles. The van der Waals surface area contributed by atoms with Crippen molar-refractivity contribution in [1.82, 2.24) is 0 Å². The Bertz CT molecular complexity index is 89.5. The lowest BCUT2D eigenvalue weighted by Gasteiger charge is -2.01. The van der Waals surface area contributed by atoms with Gasteiger partial charge in [0.05, 0.1) is 0 Å². The molecule has 0 fully saturated rings. The molecule has 0 aliphatic rings. The quantitative estimate of drug-likeness (QED) is 0.293. The van der Waals surface area contributed by atoms with Gasteiger partial charge in [0.15, 0.2) is 0 Å². The fraction of sp³-hybridized carbons (Fsp3) is 0.929. The molecule has 0 saturated carbocycles. The van der Waals surface area contributed by atoms with Crippen LogP contribution in [0.1, 0.15) is 84.0 Å². The highest BCUT2D eigenvalue weighted by molar-refractivity contribution is 14.1. The van der Waals surface area contributed by atoms with E-state index in [1.54, 1.807) is 0 Å². The van der Waals surface area contributed by atoms with Crippen molar-refractivity contribution in [2.24, 2.45) is 0 Å². The second-order valence-corrected chi connectivity index (χ2v) is 5.36. The number of halogens is 1. The van der Waals surface area contributed by atoms with E-state index in [1.165, 1.54) is 77.0 Å². The standard InChI is InChI=1S/C14H28I/c1-2-3-4-5-6-7-8-9-10-11-12-13-14-15/h14H,2-13H2,1H3. The highest BCUT2D eigenvalue weighted by atomic mass is 127. The summed E-state index contributed by atoms with van der Waals surface area (Å²) in [5.41, 5.74) is 0. The van der Waals surface area contributed by atoms with Crippen LogP contribution in [0.25, 0.3) is 0 Å². The van der Waals surface area contributed by atoms with E-state index >= 15 is 0 Å². The molecule has 0 amide bonds. The zero-order valence-corrected chi connectivity index (χ0v) is 12.6. The molecule has 0 bridgehead atoms. The Labute approximate surface area is 111 Å². The first-order valence-electron chi connectivity index (χ1n) is 6.83. The van der Waals surface area contributed by atoms with E-state index in [2.05, 4.69) is 33.9 Å². The van der Waals surface area contributed by atoms with Crippen LogP contribution in [-0.2, 0) is 0 Å². The van der Waals surface area contributed by atoms with E-state index in [0.29, 0.717) is 0 Å². The Morgan fingerprint density at radius 3 is 1.47 bits per heavy atom. The van der Waals surface area contributed by atoms with Crippen LogP contribution in [0.5, 0.6) is 0 Å². The lowest BCUT2D eigenvalue weighted by molar-refractivity contribution is 0.550. The number of rotatable bonds is 12. The van der Waals surface area contributed by atoms with E-state index in [-0.39, 0.29) is 0 Å². The van der Waals surface area contributed by atoms with E-state index in [1.807, 2.05) is 0 Å². The van der Waals surface area contributed by atoms with Crippen molar-refractivity contribution < 1.29 is 0 Å². The van der Waals surface area contributed by atoms with Gasteiger partial charge >= 0.3 is 0 Å². The normalized spacial score (nSPS) is 10.8. The highest BCUT2D eigenvalue weighted by Gasteiger charge is 1.92. The number of unbranched alkanes of at least 4 members (excludes halogenated alkanes) is 11. The largest absolute Gasteiger partial charge is 0.0815 e. The van der Waals surface area contributed by atoms with Crippen molar-refractivity contribution in [1.29, 1.82) is 0 Å². The topological polar surface area (TPSA) is 0 Å².